The Kier molecular flexibility index (Phi) is 6.92. The van der Waals surface area contributed by atoms with Crippen molar-refractivity contribution in [2.75, 3.05) is 6.54 Å². The van der Waals surface area contributed by atoms with E-state index in [1.54, 1.807) is 11.3 Å². The third-order valence-corrected chi connectivity index (χ3v) is 9.77. The van der Waals surface area contributed by atoms with Crippen molar-refractivity contribution in [2.45, 2.75) is 49.7 Å². The highest BCUT2D eigenvalue weighted by Gasteiger charge is 2.49. The molecule has 1 aliphatic carbocycles. The lowest BCUT2D eigenvalue weighted by Gasteiger charge is -2.26. The van der Waals surface area contributed by atoms with Crippen molar-refractivity contribution in [1.82, 2.24) is 14.9 Å². The van der Waals surface area contributed by atoms with E-state index in [2.05, 4.69) is 34.6 Å². The Morgan fingerprint density at radius 2 is 1.69 bits per heavy atom. The van der Waals surface area contributed by atoms with Crippen molar-refractivity contribution in [2.24, 2.45) is 0 Å². The number of halogens is 5. The van der Waals surface area contributed by atoms with Crippen LogP contribution in [-0.2, 0) is 35.3 Å². The molecule has 1 amide bonds. The number of amides is 1. The third-order valence-electron chi connectivity index (χ3n) is 8.81. The van der Waals surface area contributed by atoms with Crippen molar-refractivity contribution in [3.8, 4) is 11.1 Å². The molecular weight excluding hydrogens is 609 g/mol. The van der Waals surface area contributed by atoms with E-state index in [0.29, 0.717) is 24.0 Å². The van der Waals surface area contributed by atoms with Crippen molar-refractivity contribution in [1.29, 1.82) is 0 Å². The molecule has 7 rings (SSSR count). The first-order chi connectivity index (χ1) is 21.5. The number of aromatic amines is 1. The summed E-state index contributed by atoms with van der Waals surface area (Å²) in [6, 6.07) is 19.0. The molecule has 45 heavy (non-hydrogen) atoms. The van der Waals surface area contributed by atoms with Gasteiger partial charge in [-0.05, 0) is 60.4 Å². The first-order valence-electron chi connectivity index (χ1n) is 14.5. The molecule has 3 heterocycles. The molecule has 0 atom stereocenters. The van der Waals surface area contributed by atoms with Crippen LogP contribution in [0.5, 0.6) is 0 Å². The average molecular weight is 636 g/mol. The van der Waals surface area contributed by atoms with Crippen LogP contribution in [0.1, 0.15) is 53.0 Å². The lowest BCUT2D eigenvalue weighted by Crippen LogP contribution is -2.42. The second-order valence-corrected chi connectivity index (χ2v) is 12.5. The monoisotopic (exact) mass is 635 g/mol. The van der Waals surface area contributed by atoms with Crippen LogP contribution in [0.15, 0.2) is 83.0 Å². The zero-order valence-electron chi connectivity index (χ0n) is 23.8. The molecule has 0 unspecified atom stereocenters. The van der Waals surface area contributed by atoms with Crippen LogP contribution in [0.25, 0.3) is 21.2 Å². The minimum atomic E-state index is -4.84. The van der Waals surface area contributed by atoms with Crippen LogP contribution < -0.4 is 5.56 Å². The molecule has 0 radical (unpaired) electrons. The summed E-state index contributed by atoms with van der Waals surface area (Å²) in [4.78, 5) is 35.1. The second-order valence-electron chi connectivity index (χ2n) is 11.6. The summed E-state index contributed by atoms with van der Waals surface area (Å²) in [6.45, 7) is -0.515. The standard InChI is InChI=1S/C34H26F5N3O2S/c35-33(36,22-8-4-9-23(17-22)34(37,38)39)31(44)42-15-5-11-27-25(18-42)29(43)41-30(40-27)32(13-14-32)21-7-3-6-20(16-21)26-19-45-28-12-2-1-10-24(26)28/h1-4,6-10,12,16-17,19H,5,11,13-15,18H2,(H,40,41,43). The van der Waals surface area contributed by atoms with Gasteiger partial charge in [-0.15, -0.1) is 11.3 Å². The summed E-state index contributed by atoms with van der Waals surface area (Å²) in [5.41, 5.74) is 0.429. The minimum absolute atomic E-state index is 0.0969. The second kappa shape index (κ2) is 10.6. The summed E-state index contributed by atoms with van der Waals surface area (Å²) >= 11 is 1.68. The minimum Gasteiger partial charge on any atom is -0.333 e. The van der Waals surface area contributed by atoms with Gasteiger partial charge in [0.1, 0.15) is 5.82 Å². The number of rotatable bonds is 5. The number of benzene rings is 3. The first kappa shape index (κ1) is 29.3. The number of aromatic nitrogens is 2. The van der Waals surface area contributed by atoms with Crippen LogP contribution >= 0.6 is 11.3 Å². The van der Waals surface area contributed by atoms with Crippen LogP contribution in [0.4, 0.5) is 22.0 Å². The van der Waals surface area contributed by atoms with Gasteiger partial charge >= 0.3 is 12.1 Å². The average Bonchev–Trinajstić information content (AvgIpc) is 3.78. The Hall–Kier alpha value is -4.38. The topological polar surface area (TPSA) is 66.1 Å². The molecule has 1 N–H and O–H groups in total. The zero-order chi connectivity index (χ0) is 31.6. The SMILES string of the molecule is O=C(N1CCCc2nc(C3(c4cccc(-c5csc6ccccc56)c4)CC3)[nH]c(=O)c2C1)C(F)(F)c1cccc(C(F)(F)F)c1. The van der Waals surface area contributed by atoms with E-state index in [1.807, 2.05) is 24.3 Å². The van der Waals surface area contributed by atoms with Crippen LogP contribution in [0, 0.1) is 0 Å². The largest absolute Gasteiger partial charge is 0.416 e. The highest BCUT2D eigenvalue weighted by molar-refractivity contribution is 7.17. The summed E-state index contributed by atoms with van der Waals surface area (Å²) in [6.07, 6.45) is -2.73. The van der Waals surface area contributed by atoms with E-state index in [4.69, 9.17) is 4.98 Å². The molecule has 1 saturated carbocycles. The number of carbonyl (C=O) groups is 1. The quantitative estimate of drug-likeness (QED) is 0.200. The molecule has 2 aromatic heterocycles. The van der Waals surface area contributed by atoms with Gasteiger partial charge in [0, 0.05) is 27.8 Å². The van der Waals surface area contributed by atoms with Gasteiger partial charge in [-0.1, -0.05) is 54.6 Å². The molecule has 1 fully saturated rings. The molecule has 5 nitrogen and oxygen atoms in total. The van der Waals surface area contributed by atoms with Gasteiger partial charge in [-0.3, -0.25) is 9.59 Å². The number of aryl methyl sites for hydroxylation is 1. The maximum Gasteiger partial charge on any atom is 0.416 e. The van der Waals surface area contributed by atoms with Gasteiger partial charge in [0.05, 0.1) is 28.8 Å². The Labute approximate surface area is 258 Å². The van der Waals surface area contributed by atoms with Gasteiger partial charge in [-0.25, -0.2) is 4.98 Å². The predicted octanol–water partition coefficient (Wildman–Crippen LogP) is 7.82. The van der Waals surface area contributed by atoms with E-state index < -0.39 is 46.7 Å². The number of nitrogens with one attached hydrogen (secondary N) is 1. The fourth-order valence-electron chi connectivity index (χ4n) is 6.21. The summed E-state index contributed by atoms with van der Waals surface area (Å²) < 4.78 is 71.2. The smallest absolute Gasteiger partial charge is 0.333 e. The van der Waals surface area contributed by atoms with E-state index in [0.717, 1.165) is 46.6 Å². The van der Waals surface area contributed by atoms with Crippen LogP contribution in [0.3, 0.4) is 0 Å². The fourth-order valence-corrected chi connectivity index (χ4v) is 7.18. The van der Waals surface area contributed by atoms with Gasteiger partial charge in [-0.2, -0.15) is 22.0 Å². The molecule has 1 aliphatic heterocycles. The molecule has 2 aliphatic rings. The summed E-state index contributed by atoms with van der Waals surface area (Å²) in [5.74, 6) is -5.37. The van der Waals surface area contributed by atoms with Gasteiger partial charge < -0.3 is 9.88 Å². The highest BCUT2D eigenvalue weighted by Crippen LogP contribution is 2.53. The number of hydrogen-bond acceptors (Lipinski definition) is 4. The van der Waals surface area contributed by atoms with Gasteiger partial charge in [0.25, 0.3) is 11.5 Å². The third kappa shape index (κ3) is 5.12. The Morgan fingerprint density at radius 1 is 0.933 bits per heavy atom. The zero-order valence-corrected chi connectivity index (χ0v) is 24.6. The molecule has 230 valence electrons. The molecule has 11 heteroatoms. The maximum atomic E-state index is 15.3. The molecule has 0 spiro atoms. The lowest BCUT2D eigenvalue weighted by molar-refractivity contribution is -0.160. The number of fused-ring (bicyclic) bond motifs is 2. The number of thiophene rings is 1. The number of carbonyl (C=O) groups excluding carboxylic acids is 1. The van der Waals surface area contributed by atoms with E-state index in [9.17, 15) is 22.8 Å². The molecule has 0 bridgehead atoms. The highest BCUT2D eigenvalue weighted by atomic mass is 32.1. The lowest BCUT2D eigenvalue weighted by atomic mass is 9.91. The number of hydrogen-bond donors (Lipinski definition) is 1. The Balaban J connectivity index is 1.18. The van der Waals surface area contributed by atoms with E-state index in [1.165, 1.54) is 10.1 Å². The predicted molar refractivity (Wildman–Crippen MR) is 161 cm³/mol. The molecule has 0 saturated heterocycles. The van der Waals surface area contributed by atoms with Gasteiger partial charge in [0.2, 0.25) is 0 Å². The Bertz CT molecular complexity index is 2010. The van der Waals surface area contributed by atoms with Crippen molar-refractivity contribution in [3.05, 3.63) is 122 Å². The summed E-state index contributed by atoms with van der Waals surface area (Å²) in [5, 5.41) is 3.30. The molecule has 3 aromatic carbocycles. The molecular formula is C34H26F5N3O2S. The normalized spacial score (nSPS) is 16.3. The number of alkyl halides is 5. The summed E-state index contributed by atoms with van der Waals surface area (Å²) in [7, 11) is 0. The van der Waals surface area contributed by atoms with Crippen LogP contribution in [0.2, 0.25) is 0 Å². The maximum absolute atomic E-state index is 15.3. The number of nitrogens with zero attached hydrogens (tertiary/aromatic N) is 2. The first-order valence-corrected chi connectivity index (χ1v) is 15.4. The Morgan fingerprint density at radius 3 is 2.47 bits per heavy atom. The van der Waals surface area contributed by atoms with E-state index >= 15 is 8.78 Å². The van der Waals surface area contributed by atoms with Crippen molar-refractivity contribution in [3.63, 3.8) is 0 Å². The van der Waals surface area contributed by atoms with Crippen molar-refractivity contribution >= 4 is 27.3 Å². The number of H-pyrrole nitrogens is 1. The van der Waals surface area contributed by atoms with Crippen LogP contribution in [-0.4, -0.2) is 27.3 Å². The fraction of sp³-hybridized carbons (Fsp3) is 0.265. The van der Waals surface area contributed by atoms with E-state index in [-0.39, 0.29) is 24.6 Å². The molecule has 5 aromatic rings. The van der Waals surface area contributed by atoms with Crippen molar-refractivity contribution < 1.29 is 26.7 Å². The van der Waals surface area contributed by atoms with Gasteiger partial charge in [0.15, 0.2) is 0 Å².